The average molecular weight is 184 g/mol. The monoisotopic (exact) mass is 184 g/mol. The number of rotatable bonds is 2. The molecule has 0 amide bonds. The number of hydrogen-bond acceptors (Lipinski definition) is 2. The van der Waals surface area contributed by atoms with Crippen LogP contribution in [0.4, 0.5) is 0 Å². The molecule has 1 N–H and O–H groups in total. The summed E-state index contributed by atoms with van der Waals surface area (Å²) in [5.74, 6) is 1.82. The maximum atomic E-state index is 10.9. The third kappa shape index (κ3) is 1.93. The van der Waals surface area contributed by atoms with Gasteiger partial charge in [0, 0.05) is 12.5 Å². The van der Waals surface area contributed by atoms with Gasteiger partial charge in [0.2, 0.25) is 0 Å². The largest absolute Gasteiger partial charge is 0.396 e. The SMILES string of the molecule is CC1CC(C)C(CO)C(C)C1C=O. The lowest BCUT2D eigenvalue weighted by Gasteiger charge is -2.41. The van der Waals surface area contributed by atoms with Crippen LogP contribution in [-0.4, -0.2) is 18.0 Å². The van der Waals surface area contributed by atoms with Crippen LogP contribution in [0.25, 0.3) is 0 Å². The Hall–Kier alpha value is -0.370. The summed E-state index contributed by atoms with van der Waals surface area (Å²) in [6.45, 7) is 6.63. The first-order chi connectivity index (χ1) is 6.11. The molecule has 76 valence electrons. The van der Waals surface area contributed by atoms with E-state index in [-0.39, 0.29) is 12.5 Å². The van der Waals surface area contributed by atoms with Gasteiger partial charge in [0.15, 0.2) is 0 Å². The van der Waals surface area contributed by atoms with Gasteiger partial charge in [-0.1, -0.05) is 20.8 Å². The molecule has 0 bridgehead atoms. The topological polar surface area (TPSA) is 37.3 Å². The van der Waals surface area contributed by atoms with Crippen molar-refractivity contribution in [2.45, 2.75) is 27.2 Å². The van der Waals surface area contributed by atoms with Crippen molar-refractivity contribution in [3.63, 3.8) is 0 Å². The maximum Gasteiger partial charge on any atom is 0.123 e. The van der Waals surface area contributed by atoms with E-state index < -0.39 is 0 Å². The zero-order chi connectivity index (χ0) is 10.0. The molecule has 0 aliphatic heterocycles. The van der Waals surface area contributed by atoms with E-state index in [1.807, 2.05) is 0 Å². The van der Waals surface area contributed by atoms with Crippen LogP contribution in [0, 0.1) is 29.6 Å². The van der Waals surface area contributed by atoms with E-state index in [2.05, 4.69) is 20.8 Å². The summed E-state index contributed by atoms with van der Waals surface area (Å²) in [5.41, 5.74) is 0. The summed E-state index contributed by atoms with van der Waals surface area (Å²) >= 11 is 0. The van der Waals surface area contributed by atoms with Crippen LogP contribution in [0.3, 0.4) is 0 Å². The van der Waals surface area contributed by atoms with Crippen LogP contribution >= 0.6 is 0 Å². The molecule has 0 spiro atoms. The highest BCUT2D eigenvalue weighted by molar-refractivity contribution is 5.54. The van der Waals surface area contributed by atoms with Gasteiger partial charge in [0.1, 0.15) is 6.29 Å². The predicted molar refractivity (Wildman–Crippen MR) is 52.2 cm³/mol. The lowest BCUT2D eigenvalue weighted by molar-refractivity contribution is -0.117. The number of hydrogen-bond donors (Lipinski definition) is 1. The van der Waals surface area contributed by atoms with Crippen molar-refractivity contribution < 1.29 is 9.90 Å². The number of carbonyl (C=O) groups excluding carboxylic acids is 1. The molecule has 2 heteroatoms. The normalized spacial score (nSPS) is 46.0. The van der Waals surface area contributed by atoms with Crippen LogP contribution in [0.15, 0.2) is 0 Å². The van der Waals surface area contributed by atoms with Crippen LogP contribution in [0.1, 0.15) is 27.2 Å². The van der Waals surface area contributed by atoms with Gasteiger partial charge in [-0.3, -0.25) is 0 Å². The van der Waals surface area contributed by atoms with E-state index in [9.17, 15) is 9.90 Å². The second-order valence-corrected chi connectivity index (χ2v) is 4.61. The van der Waals surface area contributed by atoms with E-state index in [0.29, 0.717) is 23.7 Å². The molecule has 1 aliphatic carbocycles. The van der Waals surface area contributed by atoms with Gasteiger partial charge >= 0.3 is 0 Å². The first-order valence-electron chi connectivity index (χ1n) is 5.18. The van der Waals surface area contributed by atoms with Crippen LogP contribution in [-0.2, 0) is 4.79 Å². The summed E-state index contributed by atoms with van der Waals surface area (Å²) < 4.78 is 0. The highest BCUT2D eigenvalue weighted by Crippen LogP contribution is 2.40. The molecule has 0 aromatic carbocycles. The number of aliphatic hydroxyl groups is 1. The molecule has 0 saturated heterocycles. The van der Waals surface area contributed by atoms with Crippen LogP contribution in [0.5, 0.6) is 0 Å². The minimum Gasteiger partial charge on any atom is -0.396 e. The zero-order valence-corrected chi connectivity index (χ0v) is 8.73. The van der Waals surface area contributed by atoms with Crippen molar-refractivity contribution in [2.75, 3.05) is 6.61 Å². The summed E-state index contributed by atoms with van der Waals surface area (Å²) in [5, 5.41) is 9.22. The summed E-state index contributed by atoms with van der Waals surface area (Å²) in [6, 6.07) is 0. The fourth-order valence-corrected chi connectivity index (χ4v) is 2.84. The smallest absolute Gasteiger partial charge is 0.123 e. The summed E-state index contributed by atoms with van der Waals surface area (Å²) in [7, 11) is 0. The van der Waals surface area contributed by atoms with Crippen molar-refractivity contribution in [1.82, 2.24) is 0 Å². The first kappa shape index (κ1) is 10.7. The van der Waals surface area contributed by atoms with Gasteiger partial charge < -0.3 is 9.90 Å². The second-order valence-electron chi connectivity index (χ2n) is 4.61. The second kappa shape index (κ2) is 4.23. The highest BCUT2D eigenvalue weighted by Gasteiger charge is 2.37. The predicted octanol–water partition coefficient (Wildman–Crippen LogP) is 1.72. The van der Waals surface area contributed by atoms with E-state index in [1.54, 1.807) is 0 Å². The van der Waals surface area contributed by atoms with Crippen molar-refractivity contribution in [3.05, 3.63) is 0 Å². The molecule has 1 saturated carbocycles. The Morgan fingerprint density at radius 2 is 1.92 bits per heavy atom. The molecule has 0 aromatic rings. The Morgan fingerprint density at radius 1 is 1.31 bits per heavy atom. The van der Waals surface area contributed by atoms with Crippen LogP contribution in [0.2, 0.25) is 0 Å². The van der Waals surface area contributed by atoms with Gasteiger partial charge in [-0.05, 0) is 30.1 Å². The molecule has 1 aliphatic rings. The molecular formula is C11H20O2. The molecule has 5 atom stereocenters. The highest BCUT2D eigenvalue weighted by atomic mass is 16.3. The van der Waals surface area contributed by atoms with Crippen LogP contribution < -0.4 is 0 Å². The van der Waals surface area contributed by atoms with Gasteiger partial charge in [-0.2, -0.15) is 0 Å². The molecule has 1 fully saturated rings. The van der Waals surface area contributed by atoms with Crippen molar-refractivity contribution in [2.24, 2.45) is 29.6 Å². The van der Waals surface area contributed by atoms with Crippen molar-refractivity contribution >= 4 is 6.29 Å². The number of carbonyl (C=O) groups is 1. The Morgan fingerprint density at radius 3 is 2.38 bits per heavy atom. The first-order valence-corrected chi connectivity index (χ1v) is 5.18. The quantitative estimate of drug-likeness (QED) is 0.663. The molecule has 0 heterocycles. The molecule has 0 aromatic heterocycles. The number of aldehydes is 1. The Bertz CT molecular complexity index is 179. The molecule has 13 heavy (non-hydrogen) atoms. The molecule has 5 unspecified atom stereocenters. The van der Waals surface area contributed by atoms with Gasteiger partial charge in [0.25, 0.3) is 0 Å². The fourth-order valence-electron chi connectivity index (χ4n) is 2.84. The third-order valence-corrected chi connectivity index (χ3v) is 3.78. The fraction of sp³-hybridized carbons (Fsp3) is 0.909. The Balaban J connectivity index is 2.74. The lowest BCUT2D eigenvalue weighted by atomic mass is 9.64. The van der Waals surface area contributed by atoms with Gasteiger partial charge in [-0.25, -0.2) is 0 Å². The molecule has 0 radical (unpaired) electrons. The van der Waals surface area contributed by atoms with E-state index in [4.69, 9.17) is 0 Å². The van der Waals surface area contributed by atoms with E-state index in [0.717, 1.165) is 12.7 Å². The zero-order valence-electron chi connectivity index (χ0n) is 8.73. The third-order valence-electron chi connectivity index (χ3n) is 3.78. The molecule has 1 rings (SSSR count). The standard InChI is InChI=1S/C11H20O2/c1-7-4-8(2)11(6-13)9(3)10(7)5-12/h5,7-11,13H,4,6H2,1-3H3. The van der Waals surface area contributed by atoms with Crippen molar-refractivity contribution in [1.29, 1.82) is 0 Å². The Labute approximate surface area is 80.3 Å². The molecule has 2 nitrogen and oxygen atoms in total. The average Bonchev–Trinajstić information content (AvgIpc) is 2.04. The summed E-state index contributed by atoms with van der Waals surface area (Å²) in [4.78, 5) is 10.9. The number of aliphatic hydroxyl groups excluding tert-OH is 1. The van der Waals surface area contributed by atoms with E-state index >= 15 is 0 Å². The minimum absolute atomic E-state index is 0.147. The van der Waals surface area contributed by atoms with Gasteiger partial charge in [-0.15, -0.1) is 0 Å². The van der Waals surface area contributed by atoms with Gasteiger partial charge in [0.05, 0.1) is 0 Å². The molecular weight excluding hydrogens is 164 g/mol. The van der Waals surface area contributed by atoms with Crippen molar-refractivity contribution in [3.8, 4) is 0 Å². The maximum absolute atomic E-state index is 10.9. The van der Waals surface area contributed by atoms with E-state index in [1.165, 1.54) is 0 Å². The summed E-state index contributed by atoms with van der Waals surface area (Å²) in [6.07, 6.45) is 2.14. The lowest BCUT2D eigenvalue weighted by Crippen LogP contribution is -2.39. The Kier molecular flexibility index (Phi) is 3.48. The minimum atomic E-state index is 0.147.